The maximum Gasteiger partial charge on any atom is 0.150 e. The van der Waals surface area contributed by atoms with Crippen molar-refractivity contribution in [2.24, 2.45) is 11.3 Å². The van der Waals surface area contributed by atoms with Gasteiger partial charge in [0, 0.05) is 29.4 Å². The molecule has 2 bridgehead atoms. The Morgan fingerprint density at radius 3 is 2.57 bits per heavy atom. The number of allylic oxidation sites excluding steroid dienone is 1. The highest BCUT2D eigenvalue weighted by atomic mass is 16.5. The second-order valence-electron chi connectivity index (χ2n) is 6.69. The molecule has 2 saturated carbocycles. The van der Waals surface area contributed by atoms with E-state index >= 15 is 0 Å². The molecule has 2 fully saturated rings. The van der Waals surface area contributed by atoms with Gasteiger partial charge in [-0.1, -0.05) is 12.1 Å². The first-order valence-electron chi connectivity index (χ1n) is 7.86. The summed E-state index contributed by atoms with van der Waals surface area (Å²) >= 11 is 0. The van der Waals surface area contributed by atoms with Crippen molar-refractivity contribution >= 4 is 11.6 Å². The third kappa shape index (κ3) is 1.97. The van der Waals surface area contributed by atoms with E-state index in [-0.39, 0.29) is 23.9 Å². The Hall–Kier alpha value is -2.10. The minimum Gasteiger partial charge on any atom is -0.497 e. The number of benzene rings is 1. The van der Waals surface area contributed by atoms with E-state index in [9.17, 15) is 9.59 Å². The quantitative estimate of drug-likeness (QED) is 0.633. The van der Waals surface area contributed by atoms with Crippen molar-refractivity contribution in [1.82, 2.24) is 0 Å². The Morgan fingerprint density at radius 2 is 1.96 bits per heavy atom. The number of Topliss-reactive ketones (excluding diaryl/α,β-unsaturated/α-hetero) is 2. The minimum atomic E-state index is -0.809. The molecular formula is C19H22O4. The molecule has 4 heteroatoms. The topological polar surface area (TPSA) is 52.6 Å². The van der Waals surface area contributed by atoms with E-state index in [2.05, 4.69) is 6.58 Å². The van der Waals surface area contributed by atoms with E-state index in [0.29, 0.717) is 17.9 Å². The summed E-state index contributed by atoms with van der Waals surface area (Å²) in [6.07, 6.45) is 3.40. The van der Waals surface area contributed by atoms with Crippen LogP contribution in [-0.2, 0) is 15.0 Å². The van der Waals surface area contributed by atoms with Crippen LogP contribution in [0.15, 0.2) is 30.9 Å². The Morgan fingerprint density at radius 1 is 1.22 bits per heavy atom. The molecule has 122 valence electrons. The number of rotatable bonds is 4. The van der Waals surface area contributed by atoms with Gasteiger partial charge in [0.1, 0.15) is 17.3 Å². The van der Waals surface area contributed by atoms with Crippen molar-refractivity contribution in [3.63, 3.8) is 0 Å². The van der Waals surface area contributed by atoms with Gasteiger partial charge in [-0.25, -0.2) is 0 Å². The van der Waals surface area contributed by atoms with Crippen LogP contribution in [0.25, 0.3) is 0 Å². The molecule has 0 saturated heterocycles. The molecule has 0 aromatic heterocycles. The van der Waals surface area contributed by atoms with Crippen molar-refractivity contribution < 1.29 is 19.1 Å². The summed E-state index contributed by atoms with van der Waals surface area (Å²) in [7, 11) is 3.20. The summed E-state index contributed by atoms with van der Waals surface area (Å²) in [4.78, 5) is 25.2. The van der Waals surface area contributed by atoms with Crippen molar-refractivity contribution in [2.75, 3.05) is 14.2 Å². The van der Waals surface area contributed by atoms with Gasteiger partial charge in [-0.2, -0.15) is 0 Å². The zero-order valence-electron chi connectivity index (χ0n) is 13.8. The largest absolute Gasteiger partial charge is 0.497 e. The molecule has 0 amide bonds. The van der Waals surface area contributed by atoms with Gasteiger partial charge in [0.25, 0.3) is 0 Å². The second-order valence-corrected chi connectivity index (χ2v) is 6.69. The maximum atomic E-state index is 12.9. The molecule has 1 aromatic rings. The van der Waals surface area contributed by atoms with Crippen molar-refractivity contribution in [2.45, 2.75) is 31.6 Å². The first-order chi connectivity index (χ1) is 10.9. The fourth-order valence-corrected chi connectivity index (χ4v) is 4.19. The van der Waals surface area contributed by atoms with Gasteiger partial charge in [0.2, 0.25) is 0 Å². The molecule has 2 aliphatic carbocycles. The molecule has 0 aliphatic heterocycles. The number of ketones is 2. The standard InChI is InChI=1S/C19H22O4/c1-5-19(13-7-6-12(22-3)10-15(13)23-4)9-8-18(2)16(20)11-14(19)17(18)21/h5-7,10,14H,1,8-9,11H2,2-4H3/t14-,18?,19-/m1/s1. The van der Waals surface area contributed by atoms with Crippen LogP contribution in [0, 0.1) is 11.3 Å². The summed E-state index contributed by atoms with van der Waals surface area (Å²) in [6, 6.07) is 5.60. The van der Waals surface area contributed by atoms with Gasteiger partial charge in [0.05, 0.1) is 19.6 Å². The van der Waals surface area contributed by atoms with Gasteiger partial charge in [-0.3, -0.25) is 9.59 Å². The lowest BCUT2D eigenvalue weighted by atomic mass is 9.59. The lowest BCUT2D eigenvalue weighted by molar-refractivity contribution is -0.138. The average molecular weight is 314 g/mol. The Balaban J connectivity index is 2.15. The lowest BCUT2D eigenvalue weighted by Gasteiger charge is -2.42. The Labute approximate surface area is 136 Å². The van der Waals surface area contributed by atoms with Crippen LogP contribution < -0.4 is 9.47 Å². The summed E-state index contributed by atoms with van der Waals surface area (Å²) in [5.74, 6) is 1.11. The molecule has 0 radical (unpaired) electrons. The minimum absolute atomic E-state index is 0.0477. The zero-order chi connectivity index (χ0) is 16.8. The number of methoxy groups -OCH3 is 2. The molecule has 0 heterocycles. The van der Waals surface area contributed by atoms with Gasteiger partial charge in [-0.15, -0.1) is 6.58 Å². The Kier molecular flexibility index (Phi) is 3.58. The zero-order valence-corrected chi connectivity index (χ0v) is 13.8. The van der Waals surface area contributed by atoms with Crippen molar-refractivity contribution in [3.8, 4) is 11.5 Å². The van der Waals surface area contributed by atoms with Crippen LogP contribution in [0.1, 0.15) is 31.7 Å². The van der Waals surface area contributed by atoms with Gasteiger partial charge in [0.15, 0.2) is 5.78 Å². The molecule has 4 nitrogen and oxygen atoms in total. The SMILES string of the molecule is C=C[C@]1(c2ccc(OC)cc2OC)CCC2(C)C(=O)C[C@@H]1C2=O. The molecule has 1 unspecified atom stereocenters. The van der Waals surface area contributed by atoms with Gasteiger partial charge >= 0.3 is 0 Å². The molecule has 1 aromatic carbocycles. The summed E-state index contributed by atoms with van der Waals surface area (Å²) < 4.78 is 10.8. The van der Waals surface area contributed by atoms with E-state index in [1.54, 1.807) is 21.1 Å². The molecule has 0 N–H and O–H groups in total. The average Bonchev–Trinajstić information content (AvgIpc) is 2.73. The predicted molar refractivity (Wildman–Crippen MR) is 86.9 cm³/mol. The van der Waals surface area contributed by atoms with Crippen LogP contribution in [0.5, 0.6) is 11.5 Å². The maximum absolute atomic E-state index is 12.9. The fourth-order valence-electron chi connectivity index (χ4n) is 4.19. The van der Waals surface area contributed by atoms with Crippen LogP contribution in [-0.4, -0.2) is 25.8 Å². The fraction of sp³-hybridized carbons (Fsp3) is 0.474. The first-order valence-corrected chi connectivity index (χ1v) is 7.86. The number of fused-ring (bicyclic) bond motifs is 2. The monoisotopic (exact) mass is 314 g/mol. The smallest absolute Gasteiger partial charge is 0.150 e. The van der Waals surface area contributed by atoms with E-state index in [4.69, 9.17) is 9.47 Å². The van der Waals surface area contributed by atoms with Crippen molar-refractivity contribution in [3.05, 3.63) is 36.4 Å². The van der Waals surface area contributed by atoms with Crippen molar-refractivity contribution in [1.29, 1.82) is 0 Å². The number of carbonyl (C=O) groups excluding carboxylic acids is 2. The van der Waals surface area contributed by atoms with Crippen LogP contribution in [0.4, 0.5) is 0 Å². The number of hydrogen-bond acceptors (Lipinski definition) is 4. The molecule has 0 spiro atoms. The second kappa shape index (κ2) is 5.22. The predicted octanol–water partition coefficient (Wildman–Crippen LogP) is 3.09. The molecule has 2 aliphatic rings. The molecule has 23 heavy (non-hydrogen) atoms. The number of carbonyl (C=O) groups is 2. The van der Waals surface area contributed by atoms with Crippen LogP contribution in [0.3, 0.4) is 0 Å². The normalized spacial score (nSPS) is 32.7. The highest BCUT2D eigenvalue weighted by Crippen LogP contribution is 2.57. The molecular weight excluding hydrogens is 292 g/mol. The van der Waals surface area contributed by atoms with E-state index < -0.39 is 10.8 Å². The summed E-state index contributed by atoms with van der Waals surface area (Å²) in [5, 5.41) is 0. The summed E-state index contributed by atoms with van der Waals surface area (Å²) in [6.45, 7) is 5.79. The van der Waals surface area contributed by atoms with E-state index in [1.165, 1.54) is 0 Å². The van der Waals surface area contributed by atoms with Gasteiger partial charge < -0.3 is 9.47 Å². The highest BCUT2D eigenvalue weighted by molar-refractivity contribution is 6.15. The highest BCUT2D eigenvalue weighted by Gasteiger charge is 2.62. The third-order valence-electron chi connectivity index (χ3n) is 5.80. The van der Waals surface area contributed by atoms with E-state index in [0.717, 1.165) is 12.0 Å². The lowest BCUT2D eigenvalue weighted by Crippen LogP contribution is -2.45. The van der Waals surface area contributed by atoms with Gasteiger partial charge in [-0.05, 0) is 25.8 Å². The Bertz CT molecular complexity index is 693. The van der Waals surface area contributed by atoms with Crippen LogP contribution >= 0.6 is 0 Å². The number of hydrogen-bond donors (Lipinski definition) is 0. The summed E-state index contributed by atoms with van der Waals surface area (Å²) in [5.41, 5.74) is -0.456. The molecule has 3 atom stereocenters. The molecule has 3 rings (SSSR count). The van der Waals surface area contributed by atoms with Crippen LogP contribution in [0.2, 0.25) is 0 Å². The van der Waals surface area contributed by atoms with E-state index in [1.807, 2.05) is 24.3 Å². The third-order valence-corrected chi connectivity index (χ3v) is 5.80. The number of ether oxygens (including phenoxy) is 2. The first kappa shape index (κ1) is 15.8.